The number of nitrogens with zero attached hydrogens (tertiary/aromatic N) is 1. The zero-order valence-corrected chi connectivity index (χ0v) is 10.3. The minimum Gasteiger partial charge on any atom is -0.480 e. The molecule has 1 fully saturated rings. The van der Waals surface area contributed by atoms with E-state index in [-0.39, 0.29) is 12.5 Å². The maximum Gasteiger partial charge on any atom is 0.322 e. The summed E-state index contributed by atoms with van der Waals surface area (Å²) in [7, 11) is 0. The normalized spacial score (nSPS) is 17.4. The average molecular weight is 242 g/mol. The first-order valence-corrected chi connectivity index (χ1v) is 6.39. The van der Waals surface area contributed by atoms with Gasteiger partial charge in [0.2, 0.25) is 5.91 Å². The van der Waals surface area contributed by atoms with Gasteiger partial charge in [-0.1, -0.05) is 12.8 Å². The lowest BCUT2D eigenvalue weighted by Crippen LogP contribution is -2.31. The monoisotopic (exact) mass is 242 g/mol. The Hall–Kier alpha value is -1.10. The zero-order chi connectivity index (χ0) is 12.5. The van der Waals surface area contributed by atoms with Crippen LogP contribution in [0.2, 0.25) is 0 Å². The summed E-state index contributed by atoms with van der Waals surface area (Å²) in [5.41, 5.74) is 0. The standard InChI is InChI=1S/C12H22N2O3/c15-11(13-10-12(16)17)6-5-9-14-7-3-1-2-4-8-14/h1-10H2,(H,13,15)(H,16,17). The molecule has 5 nitrogen and oxygen atoms in total. The van der Waals surface area contributed by atoms with Gasteiger partial charge in [-0.3, -0.25) is 9.59 Å². The van der Waals surface area contributed by atoms with Gasteiger partial charge in [-0.2, -0.15) is 0 Å². The topological polar surface area (TPSA) is 69.6 Å². The highest BCUT2D eigenvalue weighted by atomic mass is 16.4. The minimum atomic E-state index is -0.995. The van der Waals surface area contributed by atoms with Crippen molar-refractivity contribution >= 4 is 11.9 Å². The molecule has 2 N–H and O–H groups in total. The summed E-state index contributed by atoms with van der Waals surface area (Å²) < 4.78 is 0. The maximum atomic E-state index is 11.3. The highest BCUT2D eigenvalue weighted by molar-refractivity contribution is 5.80. The van der Waals surface area contributed by atoms with E-state index in [1.165, 1.54) is 25.7 Å². The molecule has 1 amide bonds. The van der Waals surface area contributed by atoms with E-state index in [0.29, 0.717) is 6.42 Å². The first-order valence-electron chi connectivity index (χ1n) is 6.39. The third-order valence-corrected chi connectivity index (χ3v) is 3.01. The number of rotatable bonds is 6. The Morgan fingerprint density at radius 1 is 1.12 bits per heavy atom. The lowest BCUT2D eigenvalue weighted by atomic mass is 10.2. The molecule has 0 aromatic rings. The summed E-state index contributed by atoms with van der Waals surface area (Å²) in [6.45, 7) is 2.94. The van der Waals surface area contributed by atoms with Crippen molar-refractivity contribution in [2.24, 2.45) is 0 Å². The smallest absolute Gasteiger partial charge is 0.322 e. The Bertz CT molecular complexity index is 248. The molecule has 0 spiro atoms. The molecule has 0 aliphatic carbocycles. The number of carbonyl (C=O) groups excluding carboxylic acids is 1. The quantitative estimate of drug-likeness (QED) is 0.724. The van der Waals surface area contributed by atoms with Gasteiger partial charge in [0.15, 0.2) is 0 Å². The highest BCUT2D eigenvalue weighted by Crippen LogP contribution is 2.10. The van der Waals surface area contributed by atoms with Crippen LogP contribution in [0, 0.1) is 0 Å². The Kier molecular flexibility index (Phi) is 6.62. The van der Waals surface area contributed by atoms with Crippen molar-refractivity contribution in [2.75, 3.05) is 26.2 Å². The molecule has 1 saturated heterocycles. The SMILES string of the molecule is O=C(O)CNC(=O)CCCN1CCCCCC1. The second-order valence-corrected chi connectivity index (χ2v) is 4.53. The molecule has 0 aromatic heterocycles. The van der Waals surface area contributed by atoms with E-state index in [0.717, 1.165) is 26.1 Å². The molecule has 1 heterocycles. The van der Waals surface area contributed by atoms with Crippen LogP contribution in [0.4, 0.5) is 0 Å². The van der Waals surface area contributed by atoms with Crippen LogP contribution in [0.15, 0.2) is 0 Å². The second kappa shape index (κ2) is 8.06. The van der Waals surface area contributed by atoms with Crippen molar-refractivity contribution in [3.8, 4) is 0 Å². The van der Waals surface area contributed by atoms with Gasteiger partial charge >= 0.3 is 5.97 Å². The Morgan fingerprint density at radius 2 is 1.76 bits per heavy atom. The van der Waals surface area contributed by atoms with Gasteiger partial charge in [0.25, 0.3) is 0 Å². The van der Waals surface area contributed by atoms with E-state index in [2.05, 4.69) is 10.2 Å². The van der Waals surface area contributed by atoms with Crippen molar-refractivity contribution < 1.29 is 14.7 Å². The van der Waals surface area contributed by atoms with Gasteiger partial charge in [0.1, 0.15) is 6.54 Å². The first-order chi connectivity index (χ1) is 8.18. The highest BCUT2D eigenvalue weighted by Gasteiger charge is 2.09. The summed E-state index contributed by atoms with van der Waals surface area (Å²) >= 11 is 0. The Morgan fingerprint density at radius 3 is 2.35 bits per heavy atom. The molecule has 0 saturated carbocycles. The third kappa shape index (κ3) is 6.94. The number of likely N-dealkylation sites (tertiary alicyclic amines) is 1. The largest absolute Gasteiger partial charge is 0.480 e. The van der Waals surface area contributed by atoms with E-state index in [9.17, 15) is 9.59 Å². The van der Waals surface area contributed by atoms with Gasteiger partial charge in [-0.05, 0) is 38.9 Å². The number of carbonyl (C=O) groups is 2. The fourth-order valence-electron chi connectivity index (χ4n) is 2.09. The van der Waals surface area contributed by atoms with Crippen LogP contribution < -0.4 is 5.32 Å². The Balaban J connectivity index is 2.05. The van der Waals surface area contributed by atoms with Gasteiger partial charge < -0.3 is 15.3 Å². The molecule has 1 aliphatic heterocycles. The molecule has 5 heteroatoms. The number of hydrogen-bond donors (Lipinski definition) is 2. The van der Waals surface area contributed by atoms with Crippen LogP contribution >= 0.6 is 0 Å². The van der Waals surface area contributed by atoms with Crippen LogP contribution in [0.1, 0.15) is 38.5 Å². The van der Waals surface area contributed by atoms with Crippen LogP contribution in [-0.4, -0.2) is 48.1 Å². The van der Waals surface area contributed by atoms with Crippen molar-refractivity contribution in [3.63, 3.8) is 0 Å². The molecular formula is C12H22N2O3. The minimum absolute atomic E-state index is 0.165. The molecule has 0 atom stereocenters. The predicted octanol–water partition coefficient (Wildman–Crippen LogP) is 0.843. The van der Waals surface area contributed by atoms with Gasteiger partial charge in [-0.25, -0.2) is 0 Å². The van der Waals surface area contributed by atoms with E-state index < -0.39 is 5.97 Å². The van der Waals surface area contributed by atoms with Crippen molar-refractivity contribution in [1.82, 2.24) is 10.2 Å². The van der Waals surface area contributed by atoms with Gasteiger partial charge in [-0.15, -0.1) is 0 Å². The first kappa shape index (κ1) is 14.0. The van der Waals surface area contributed by atoms with Crippen LogP contribution in [0.25, 0.3) is 0 Å². The summed E-state index contributed by atoms with van der Waals surface area (Å²) in [5, 5.41) is 10.8. The number of carboxylic acids is 1. The number of amides is 1. The van der Waals surface area contributed by atoms with E-state index in [4.69, 9.17) is 5.11 Å². The van der Waals surface area contributed by atoms with Gasteiger partial charge in [0, 0.05) is 6.42 Å². The molecule has 0 unspecified atom stereocenters. The molecule has 98 valence electrons. The third-order valence-electron chi connectivity index (χ3n) is 3.01. The maximum absolute atomic E-state index is 11.3. The van der Waals surface area contributed by atoms with Crippen LogP contribution in [-0.2, 0) is 9.59 Å². The molecule has 0 radical (unpaired) electrons. The van der Waals surface area contributed by atoms with E-state index >= 15 is 0 Å². The summed E-state index contributed by atoms with van der Waals surface area (Å²) in [5.74, 6) is -1.16. The molecule has 17 heavy (non-hydrogen) atoms. The number of carboxylic acid groups (broad SMARTS) is 1. The molecule has 0 bridgehead atoms. The lowest BCUT2D eigenvalue weighted by Gasteiger charge is -2.19. The van der Waals surface area contributed by atoms with Gasteiger partial charge in [0.05, 0.1) is 0 Å². The van der Waals surface area contributed by atoms with Crippen molar-refractivity contribution in [1.29, 1.82) is 0 Å². The Labute approximate surface area is 102 Å². The summed E-state index contributed by atoms with van der Waals surface area (Å²) in [6, 6.07) is 0. The van der Waals surface area contributed by atoms with Crippen molar-refractivity contribution in [2.45, 2.75) is 38.5 Å². The second-order valence-electron chi connectivity index (χ2n) is 4.53. The van der Waals surface area contributed by atoms with Crippen LogP contribution in [0.3, 0.4) is 0 Å². The number of aliphatic carboxylic acids is 1. The molecule has 1 rings (SSSR count). The zero-order valence-electron chi connectivity index (χ0n) is 10.3. The lowest BCUT2D eigenvalue weighted by molar-refractivity contribution is -0.137. The fraction of sp³-hybridized carbons (Fsp3) is 0.833. The van der Waals surface area contributed by atoms with Crippen molar-refractivity contribution in [3.05, 3.63) is 0 Å². The molecule has 1 aliphatic rings. The predicted molar refractivity (Wildman–Crippen MR) is 64.8 cm³/mol. The van der Waals surface area contributed by atoms with Crippen LogP contribution in [0.5, 0.6) is 0 Å². The summed E-state index contributed by atoms with van der Waals surface area (Å²) in [6.07, 6.45) is 6.37. The number of nitrogens with one attached hydrogen (secondary N) is 1. The number of hydrogen-bond acceptors (Lipinski definition) is 3. The average Bonchev–Trinajstić information content (AvgIpc) is 2.55. The molecular weight excluding hydrogens is 220 g/mol. The molecule has 0 aromatic carbocycles. The van der Waals surface area contributed by atoms with E-state index in [1.54, 1.807) is 0 Å². The van der Waals surface area contributed by atoms with E-state index in [1.807, 2.05) is 0 Å². The summed E-state index contributed by atoms with van der Waals surface area (Å²) in [4.78, 5) is 23.9. The fourth-order valence-corrected chi connectivity index (χ4v) is 2.09.